The highest BCUT2D eigenvalue weighted by atomic mass is 19.4. The largest absolute Gasteiger partial charge is 0.418 e. The summed E-state index contributed by atoms with van der Waals surface area (Å²) in [6, 6.07) is 8.98. The summed E-state index contributed by atoms with van der Waals surface area (Å²) >= 11 is 0. The summed E-state index contributed by atoms with van der Waals surface area (Å²) in [5.41, 5.74) is -1.81. The molecule has 0 saturated heterocycles. The molecule has 5 nitrogen and oxygen atoms in total. The van der Waals surface area contributed by atoms with Gasteiger partial charge in [0, 0.05) is 13.6 Å². The molecule has 1 heterocycles. The normalized spacial score (nSPS) is 12.1. The smallest absolute Gasteiger partial charge is 0.336 e. The molecule has 2 aromatic carbocycles. The van der Waals surface area contributed by atoms with Gasteiger partial charge in [-0.2, -0.15) is 26.3 Å². The van der Waals surface area contributed by atoms with Gasteiger partial charge in [0.1, 0.15) is 0 Å². The number of carbonyl (C=O) groups is 1. The van der Waals surface area contributed by atoms with Gasteiger partial charge in [-0.3, -0.25) is 4.79 Å². The predicted molar refractivity (Wildman–Crippen MR) is 93.6 cm³/mol. The van der Waals surface area contributed by atoms with Crippen LogP contribution in [-0.4, -0.2) is 32.8 Å². The van der Waals surface area contributed by atoms with Gasteiger partial charge in [-0.05, 0) is 29.8 Å². The number of rotatable bonds is 4. The van der Waals surface area contributed by atoms with Crippen LogP contribution in [0.2, 0.25) is 0 Å². The van der Waals surface area contributed by atoms with Crippen molar-refractivity contribution in [2.75, 3.05) is 7.05 Å². The van der Waals surface area contributed by atoms with E-state index >= 15 is 0 Å². The third kappa shape index (κ3) is 4.61. The van der Waals surface area contributed by atoms with Gasteiger partial charge in [0.15, 0.2) is 5.69 Å². The zero-order valence-corrected chi connectivity index (χ0v) is 15.4. The van der Waals surface area contributed by atoms with E-state index < -0.39 is 29.4 Å². The molecule has 0 spiro atoms. The SMILES string of the molecule is CN(Cc1ccc(C(F)(F)F)cc1)C(=O)c1cn(-c2ccccc2C(F)(F)F)nn1. The Kier molecular flexibility index (Phi) is 5.55. The molecule has 0 fully saturated rings. The summed E-state index contributed by atoms with van der Waals surface area (Å²) < 4.78 is 78.2. The number of carbonyl (C=O) groups excluding carboxylic acids is 1. The van der Waals surface area contributed by atoms with E-state index in [1.165, 1.54) is 42.3 Å². The van der Waals surface area contributed by atoms with Crippen molar-refractivity contribution in [3.63, 3.8) is 0 Å². The molecule has 0 bridgehead atoms. The number of amides is 1. The van der Waals surface area contributed by atoms with Gasteiger partial charge in [0.2, 0.25) is 0 Å². The first-order valence-electron chi connectivity index (χ1n) is 8.47. The van der Waals surface area contributed by atoms with Crippen molar-refractivity contribution >= 4 is 5.91 Å². The number of hydrogen-bond acceptors (Lipinski definition) is 3. The van der Waals surface area contributed by atoms with E-state index in [9.17, 15) is 31.1 Å². The standard InChI is InChI=1S/C19H14F6N4O/c1-28(10-12-6-8-13(9-7-12)18(20,21)22)17(30)15-11-29(27-26-15)16-5-3-2-4-14(16)19(23,24)25/h2-9,11H,10H2,1H3. The number of hydrogen-bond donors (Lipinski definition) is 0. The zero-order valence-electron chi connectivity index (χ0n) is 15.4. The van der Waals surface area contributed by atoms with Crippen LogP contribution >= 0.6 is 0 Å². The molecule has 1 aromatic heterocycles. The fraction of sp³-hybridized carbons (Fsp3) is 0.211. The summed E-state index contributed by atoms with van der Waals surface area (Å²) in [7, 11) is 1.39. The molecule has 0 aliphatic heterocycles. The van der Waals surface area contributed by atoms with Gasteiger partial charge in [0.05, 0.1) is 23.0 Å². The van der Waals surface area contributed by atoms with Gasteiger partial charge >= 0.3 is 12.4 Å². The van der Waals surface area contributed by atoms with E-state index in [4.69, 9.17) is 0 Å². The van der Waals surface area contributed by atoms with E-state index in [0.29, 0.717) is 5.56 Å². The maximum absolute atomic E-state index is 13.2. The van der Waals surface area contributed by atoms with Gasteiger partial charge < -0.3 is 4.90 Å². The Balaban J connectivity index is 1.77. The Bertz CT molecular complexity index is 1040. The molecule has 0 aliphatic rings. The second-order valence-corrected chi connectivity index (χ2v) is 6.42. The molecule has 0 atom stereocenters. The summed E-state index contributed by atoms with van der Waals surface area (Å²) in [4.78, 5) is 13.7. The van der Waals surface area contributed by atoms with Crippen molar-refractivity contribution in [1.29, 1.82) is 0 Å². The van der Waals surface area contributed by atoms with Crippen LogP contribution in [0.5, 0.6) is 0 Å². The maximum Gasteiger partial charge on any atom is 0.418 e. The number of aromatic nitrogens is 3. The lowest BCUT2D eigenvalue weighted by atomic mass is 10.1. The van der Waals surface area contributed by atoms with Crippen LogP contribution < -0.4 is 0 Å². The Labute approximate surface area is 166 Å². The number of nitrogens with zero attached hydrogens (tertiary/aromatic N) is 4. The highest BCUT2D eigenvalue weighted by molar-refractivity contribution is 5.91. The van der Waals surface area contributed by atoms with Gasteiger partial charge in [-0.25, -0.2) is 4.68 Å². The lowest BCUT2D eigenvalue weighted by Gasteiger charge is -2.16. The van der Waals surface area contributed by atoms with Gasteiger partial charge in [-0.1, -0.05) is 29.5 Å². The van der Waals surface area contributed by atoms with E-state index in [0.717, 1.165) is 29.1 Å². The molecular formula is C19H14F6N4O. The zero-order chi connectivity index (χ0) is 22.1. The minimum absolute atomic E-state index is 0.0248. The first kappa shape index (κ1) is 21.3. The van der Waals surface area contributed by atoms with Crippen molar-refractivity contribution in [1.82, 2.24) is 19.9 Å². The van der Waals surface area contributed by atoms with Crippen LogP contribution in [0.3, 0.4) is 0 Å². The number of halogens is 6. The molecule has 0 radical (unpaired) electrons. The van der Waals surface area contributed by atoms with E-state index in [1.807, 2.05) is 0 Å². The molecule has 158 valence electrons. The average Bonchev–Trinajstić information content (AvgIpc) is 3.16. The third-order valence-electron chi connectivity index (χ3n) is 4.22. The molecule has 1 amide bonds. The summed E-state index contributed by atoms with van der Waals surface area (Å²) in [5.74, 6) is -0.648. The molecule has 30 heavy (non-hydrogen) atoms. The number of para-hydroxylation sites is 1. The van der Waals surface area contributed by atoms with Crippen molar-refractivity contribution < 1.29 is 31.1 Å². The molecule has 0 saturated carbocycles. The van der Waals surface area contributed by atoms with Crippen LogP contribution in [0.4, 0.5) is 26.3 Å². The van der Waals surface area contributed by atoms with Crippen LogP contribution in [0, 0.1) is 0 Å². The molecule has 0 aliphatic carbocycles. The molecule has 3 rings (SSSR count). The Hall–Kier alpha value is -3.37. The summed E-state index contributed by atoms with van der Waals surface area (Å²) in [6.45, 7) is -0.0248. The van der Waals surface area contributed by atoms with Crippen LogP contribution in [-0.2, 0) is 18.9 Å². The first-order chi connectivity index (χ1) is 14.0. The number of alkyl halides is 6. The topological polar surface area (TPSA) is 51.0 Å². The molecule has 0 N–H and O–H groups in total. The van der Waals surface area contributed by atoms with Crippen molar-refractivity contribution in [3.05, 3.63) is 77.1 Å². The number of benzene rings is 2. The highest BCUT2D eigenvalue weighted by Crippen LogP contribution is 2.33. The minimum atomic E-state index is -4.62. The van der Waals surface area contributed by atoms with E-state index in [1.54, 1.807) is 0 Å². The fourth-order valence-corrected chi connectivity index (χ4v) is 2.73. The minimum Gasteiger partial charge on any atom is -0.336 e. The second-order valence-electron chi connectivity index (χ2n) is 6.42. The lowest BCUT2D eigenvalue weighted by Crippen LogP contribution is -2.26. The van der Waals surface area contributed by atoms with Crippen molar-refractivity contribution in [2.24, 2.45) is 0 Å². The monoisotopic (exact) mass is 428 g/mol. The average molecular weight is 428 g/mol. The molecule has 11 heteroatoms. The third-order valence-corrected chi connectivity index (χ3v) is 4.22. The van der Waals surface area contributed by atoms with Gasteiger partial charge in [-0.15, -0.1) is 5.10 Å². The van der Waals surface area contributed by atoms with Crippen molar-refractivity contribution in [2.45, 2.75) is 18.9 Å². The summed E-state index contributed by atoms with van der Waals surface area (Å²) in [5, 5.41) is 7.23. The quantitative estimate of drug-likeness (QED) is 0.572. The Morgan fingerprint density at radius 1 is 0.967 bits per heavy atom. The lowest BCUT2D eigenvalue weighted by molar-refractivity contribution is -0.138. The van der Waals surface area contributed by atoms with E-state index in [-0.39, 0.29) is 17.9 Å². The van der Waals surface area contributed by atoms with Crippen LogP contribution in [0.15, 0.2) is 54.7 Å². The second kappa shape index (κ2) is 7.81. The molecular weight excluding hydrogens is 414 g/mol. The molecule has 0 unspecified atom stereocenters. The Morgan fingerprint density at radius 3 is 2.20 bits per heavy atom. The fourth-order valence-electron chi connectivity index (χ4n) is 2.73. The predicted octanol–water partition coefficient (Wildman–Crippen LogP) is 4.58. The molecule has 3 aromatic rings. The maximum atomic E-state index is 13.2. The van der Waals surface area contributed by atoms with Crippen LogP contribution in [0.1, 0.15) is 27.2 Å². The van der Waals surface area contributed by atoms with Crippen molar-refractivity contribution in [3.8, 4) is 5.69 Å². The van der Waals surface area contributed by atoms with E-state index in [2.05, 4.69) is 10.3 Å². The van der Waals surface area contributed by atoms with Gasteiger partial charge in [0.25, 0.3) is 5.91 Å². The summed E-state index contributed by atoms with van der Waals surface area (Å²) in [6.07, 6.45) is -8.02. The van der Waals surface area contributed by atoms with Crippen LogP contribution in [0.25, 0.3) is 5.69 Å². The Morgan fingerprint density at radius 2 is 1.60 bits per heavy atom. The first-order valence-corrected chi connectivity index (χ1v) is 8.47. The highest BCUT2D eigenvalue weighted by Gasteiger charge is 2.34.